The first-order valence-corrected chi connectivity index (χ1v) is 8.08. The number of amides is 1. The molecule has 0 aliphatic rings. The van der Waals surface area contributed by atoms with Crippen LogP contribution in [-0.4, -0.2) is 19.9 Å². The second kappa shape index (κ2) is 6.41. The fraction of sp³-hybridized carbons (Fsp3) is 0.400. The number of rotatable bonds is 4. The molecular weight excluding hydrogens is 288 g/mol. The molecule has 0 saturated carbocycles. The molecule has 0 bridgehead atoms. The highest BCUT2D eigenvalue weighted by molar-refractivity contribution is 7.89. The second-order valence-corrected chi connectivity index (χ2v) is 7.78. The van der Waals surface area contributed by atoms with Crippen LogP contribution in [0.4, 0.5) is 5.69 Å². The number of allylic oxidation sites excluding steroid dienone is 1. The summed E-state index contributed by atoms with van der Waals surface area (Å²) in [4.78, 5) is 11.8. The zero-order chi connectivity index (χ0) is 16.3. The molecule has 0 aliphatic heterocycles. The van der Waals surface area contributed by atoms with Crippen LogP contribution in [-0.2, 0) is 14.8 Å². The molecule has 2 N–H and O–H groups in total. The molecule has 116 valence electrons. The maximum absolute atomic E-state index is 12.2. The van der Waals surface area contributed by atoms with Gasteiger partial charge in [-0.1, -0.05) is 11.6 Å². The van der Waals surface area contributed by atoms with Gasteiger partial charge in [-0.05, 0) is 52.8 Å². The Balaban J connectivity index is 3.01. The molecule has 0 heterocycles. The first kappa shape index (κ1) is 17.4. The van der Waals surface area contributed by atoms with E-state index in [1.807, 2.05) is 13.8 Å². The summed E-state index contributed by atoms with van der Waals surface area (Å²) in [5, 5.41) is 2.64. The van der Waals surface area contributed by atoms with Gasteiger partial charge in [0.1, 0.15) is 0 Å². The number of hydrogen-bond acceptors (Lipinski definition) is 3. The highest BCUT2D eigenvalue weighted by Crippen LogP contribution is 2.17. The standard InChI is InChI=1S/C15H22N2O3S/c1-11(2)9-14(18)16-12-7-6-8-13(10-12)21(19,20)17-15(3,4)5/h6-10,17H,1-5H3,(H,16,18). The van der Waals surface area contributed by atoms with Crippen molar-refractivity contribution in [3.8, 4) is 0 Å². The largest absolute Gasteiger partial charge is 0.322 e. The van der Waals surface area contributed by atoms with Crippen molar-refractivity contribution < 1.29 is 13.2 Å². The number of carbonyl (C=O) groups is 1. The monoisotopic (exact) mass is 310 g/mol. The van der Waals surface area contributed by atoms with Gasteiger partial charge in [0.2, 0.25) is 15.9 Å². The lowest BCUT2D eigenvalue weighted by atomic mass is 10.1. The molecule has 5 nitrogen and oxygen atoms in total. The van der Waals surface area contributed by atoms with E-state index in [4.69, 9.17) is 0 Å². The van der Waals surface area contributed by atoms with Crippen molar-refractivity contribution in [2.45, 2.75) is 45.1 Å². The van der Waals surface area contributed by atoms with Crippen molar-refractivity contribution in [3.05, 3.63) is 35.9 Å². The Bertz CT molecular complexity index is 652. The minimum atomic E-state index is -3.62. The molecule has 0 atom stereocenters. The van der Waals surface area contributed by atoms with Crippen LogP contribution in [0.25, 0.3) is 0 Å². The summed E-state index contributed by atoms with van der Waals surface area (Å²) in [5.41, 5.74) is 0.736. The molecule has 0 aromatic heterocycles. The normalized spacial score (nSPS) is 11.9. The predicted octanol–water partition coefficient (Wildman–Crippen LogP) is 2.67. The predicted molar refractivity (Wildman–Crippen MR) is 84.6 cm³/mol. The number of carbonyl (C=O) groups excluding carboxylic acids is 1. The maximum atomic E-state index is 12.2. The van der Waals surface area contributed by atoms with E-state index in [-0.39, 0.29) is 10.8 Å². The van der Waals surface area contributed by atoms with E-state index in [1.54, 1.807) is 32.9 Å². The van der Waals surface area contributed by atoms with E-state index >= 15 is 0 Å². The van der Waals surface area contributed by atoms with Crippen molar-refractivity contribution in [1.82, 2.24) is 4.72 Å². The summed E-state index contributed by atoms with van der Waals surface area (Å²) >= 11 is 0. The summed E-state index contributed by atoms with van der Waals surface area (Å²) < 4.78 is 27.0. The van der Waals surface area contributed by atoms with E-state index in [1.165, 1.54) is 18.2 Å². The SMILES string of the molecule is CC(C)=CC(=O)Nc1cccc(S(=O)(=O)NC(C)(C)C)c1. The van der Waals surface area contributed by atoms with Crippen LogP contribution in [0.2, 0.25) is 0 Å². The average Bonchev–Trinajstić information content (AvgIpc) is 2.24. The molecule has 0 unspecified atom stereocenters. The van der Waals surface area contributed by atoms with Gasteiger partial charge in [0.15, 0.2) is 0 Å². The lowest BCUT2D eigenvalue weighted by Crippen LogP contribution is -2.40. The van der Waals surface area contributed by atoms with Crippen molar-refractivity contribution >= 4 is 21.6 Å². The molecule has 21 heavy (non-hydrogen) atoms. The van der Waals surface area contributed by atoms with Crippen LogP contribution >= 0.6 is 0 Å². The third-order valence-electron chi connectivity index (χ3n) is 2.27. The summed E-state index contributed by atoms with van der Waals surface area (Å²) in [5.74, 6) is -0.284. The molecule has 0 fully saturated rings. The van der Waals surface area contributed by atoms with Crippen LogP contribution in [0.15, 0.2) is 40.8 Å². The maximum Gasteiger partial charge on any atom is 0.248 e. The minimum Gasteiger partial charge on any atom is -0.322 e. The van der Waals surface area contributed by atoms with Gasteiger partial charge in [0.05, 0.1) is 4.90 Å². The van der Waals surface area contributed by atoms with Gasteiger partial charge < -0.3 is 5.32 Å². The number of hydrogen-bond donors (Lipinski definition) is 2. The van der Waals surface area contributed by atoms with E-state index in [0.717, 1.165) is 5.57 Å². The van der Waals surface area contributed by atoms with Gasteiger partial charge in [-0.2, -0.15) is 0 Å². The quantitative estimate of drug-likeness (QED) is 0.840. The number of nitrogens with one attached hydrogen (secondary N) is 2. The highest BCUT2D eigenvalue weighted by atomic mass is 32.2. The number of sulfonamides is 1. The molecule has 0 saturated heterocycles. The van der Waals surface area contributed by atoms with Gasteiger partial charge in [-0.15, -0.1) is 0 Å². The topological polar surface area (TPSA) is 75.3 Å². The Morgan fingerprint density at radius 2 is 1.81 bits per heavy atom. The zero-order valence-corrected chi connectivity index (χ0v) is 13.8. The third-order valence-corrected chi connectivity index (χ3v) is 4.03. The Morgan fingerprint density at radius 3 is 2.33 bits per heavy atom. The lowest BCUT2D eigenvalue weighted by molar-refractivity contribution is -0.111. The summed E-state index contributed by atoms with van der Waals surface area (Å²) in [6, 6.07) is 6.16. The number of benzene rings is 1. The fourth-order valence-electron chi connectivity index (χ4n) is 1.64. The lowest BCUT2D eigenvalue weighted by Gasteiger charge is -2.20. The summed E-state index contributed by atoms with van der Waals surface area (Å²) in [6.07, 6.45) is 1.45. The van der Waals surface area contributed by atoms with E-state index < -0.39 is 15.6 Å². The van der Waals surface area contributed by atoms with Crippen LogP contribution in [0.5, 0.6) is 0 Å². The van der Waals surface area contributed by atoms with Crippen LogP contribution in [0.1, 0.15) is 34.6 Å². The number of anilines is 1. The van der Waals surface area contributed by atoms with E-state index in [0.29, 0.717) is 5.69 Å². The molecule has 1 rings (SSSR count). The Morgan fingerprint density at radius 1 is 1.19 bits per heavy atom. The van der Waals surface area contributed by atoms with Crippen molar-refractivity contribution in [1.29, 1.82) is 0 Å². The molecule has 0 radical (unpaired) electrons. The van der Waals surface area contributed by atoms with Gasteiger partial charge >= 0.3 is 0 Å². The van der Waals surface area contributed by atoms with Gasteiger partial charge in [0.25, 0.3) is 0 Å². The molecule has 0 aliphatic carbocycles. The van der Waals surface area contributed by atoms with E-state index in [2.05, 4.69) is 10.0 Å². The summed E-state index contributed by atoms with van der Waals surface area (Å²) in [7, 11) is -3.62. The van der Waals surface area contributed by atoms with Gasteiger partial charge in [-0.25, -0.2) is 13.1 Å². The second-order valence-electron chi connectivity index (χ2n) is 6.09. The summed E-state index contributed by atoms with van der Waals surface area (Å²) in [6.45, 7) is 8.93. The Hall–Kier alpha value is -1.66. The van der Waals surface area contributed by atoms with E-state index in [9.17, 15) is 13.2 Å². The Kier molecular flexibility index (Phi) is 5.31. The third kappa shape index (κ3) is 6.10. The van der Waals surface area contributed by atoms with Crippen molar-refractivity contribution in [3.63, 3.8) is 0 Å². The van der Waals surface area contributed by atoms with Crippen LogP contribution < -0.4 is 10.0 Å². The average molecular weight is 310 g/mol. The molecule has 6 heteroatoms. The van der Waals surface area contributed by atoms with Crippen molar-refractivity contribution in [2.75, 3.05) is 5.32 Å². The molecule has 1 amide bonds. The first-order chi connectivity index (χ1) is 9.49. The first-order valence-electron chi connectivity index (χ1n) is 6.59. The molecule has 1 aromatic rings. The minimum absolute atomic E-state index is 0.118. The van der Waals surface area contributed by atoms with Gasteiger partial charge in [-0.3, -0.25) is 4.79 Å². The van der Waals surface area contributed by atoms with Gasteiger partial charge in [0, 0.05) is 17.3 Å². The molecule has 1 aromatic carbocycles. The molecule has 0 spiro atoms. The smallest absolute Gasteiger partial charge is 0.248 e. The van der Waals surface area contributed by atoms with Crippen molar-refractivity contribution in [2.24, 2.45) is 0 Å². The Labute approximate surface area is 126 Å². The molecular formula is C15H22N2O3S. The fourth-order valence-corrected chi connectivity index (χ4v) is 3.11. The van der Waals surface area contributed by atoms with Crippen LogP contribution in [0.3, 0.4) is 0 Å². The van der Waals surface area contributed by atoms with Crippen LogP contribution in [0, 0.1) is 0 Å². The zero-order valence-electron chi connectivity index (χ0n) is 13.0. The highest BCUT2D eigenvalue weighted by Gasteiger charge is 2.22.